The van der Waals surface area contributed by atoms with Crippen LogP contribution < -0.4 is 10.9 Å². The van der Waals surface area contributed by atoms with Gasteiger partial charge in [0.15, 0.2) is 5.16 Å². The molecule has 0 radical (unpaired) electrons. The minimum atomic E-state index is -0.705. The van der Waals surface area contributed by atoms with Crippen molar-refractivity contribution in [1.29, 1.82) is 0 Å². The van der Waals surface area contributed by atoms with Crippen LogP contribution in [0.5, 0.6) is 0 Å². The summed E-state index contributed by atoms with van der Waals surface area (Å²) in [7, 11) is 0. The molecule has 0 spiro atoms. The van der Waals surface area contributed by atoms with Crippen molar-refractivity contribution in [2.24, 2.45) is 0 Å². The lowest BCUT2D eigenvalue weighted by Gasteiger charge is -2.08. The molecule has 0 aliphatic heterocycles. The maximum Gasteiger partial charge on any atom is 0.412 e. The number of carbonyl (C=O) groups excluding carboxylic acids is 1. The zero-order valence-corrected chi connectivity index (χ0v) is 14.7. The van der Waals surface area contributed by atoms with Crippen LogP contribution in [-0.2, 0) is 11.3 Å². The molecule has 0 atom stereocenters. The molecule has 7 nitrogen and oxygen atoms in total. The van der Waals surface area contributed by atoms with Crippen molar-refractivity contribution >= 4 is 23.5 Å². The molecule has 0 bridgehead atoms. The van der Waals surface area contributed by atoms with E-state index in [2.05, 4.69) is 20.3 Å². The lowest BCUT2D eigenvalue weighted by atomic mass is 10.2. The largest absolute Gasteiger partial charge is 0.444 e. The molecular formula is C18H16N4O3S. The average Bonchev–Trinajstić information content (AvgIpc) is 2.69. The van der Waals surface area contributed by atoms with Crippen LogP contribution in [0.2, 0.25) is 0 Å². The lowest BCUT2D eigenvalue weighted by molar-refractivity contribution is 0.155. The minimum absolute atomic E-state index is 0.0878. The number of pyridine rings is 1. The fourth-order valence-corrected chi connectivity index (χ4v) is 2.55. The normalized spacial score (nSPS) is 10.3. The summed E-state index contributed by atoms with van der Waals surface area (Å²) in [4.78, 5) is 35.0. The molecule has 2 aromatic heterocycles. The molecule has 1 aromatic carbocycles. The standard InChI is InChI=1S/C18H16N4O3S/c1-26-17-19-8-7-14(21-17)13-9-15(16(23)20-10-13)22-18(24)25-11-12-5-3-2-4-6-12/h2-10H,11H2,1H3,(H,20,23)(H,22,24). The Balaban J connectivity index is 1.73. The molecule has 2 heterocycles. The highest BCUT2D eigenvalue weighted by Crippen LogP contribution is 2.19. The first-order chi connectivity index (χ1) is 12.7. The number of ether oxygens (including phenoxy) is 1. The third-order valence-electron chi connectivity index (χ3n) is 3.46. The molecule has 3 rings (SSSR count). The fourth-order valence-electron chi connectivity index (χ4n) is 2.19. The van der Waals surface area contributed by atoms with Crippen molar-refractivity contribution < 1.29 is 9.53 Å². The molecule has 0 fully saturated rings. The number of benzene rings is 1. The number of hydrogen-bond acceptors (Lipinski definition) is 6. The number of rotatable bonds is 5. The summed E-state index contributed by atoms with van der Waals surface area (Å²) in [5.41, 5.74) is 1.81. The predicted octanol–water partition coefficient (Wildman–Crippen LogP) is 3.30. The van der Waals surface area contributed by atoms with Gasteiger partial charge in [-0.25, -0.2) is 14.8 Å². The van der Waals surface area contributed by atoms with Crippen molar-refractivity contribution in [1.82, 2.24) is 15.0 Å². The van der Waals surface area contributed by atoms with Gasteiger partial charge in [0.1, 0.15) is 12.3 Å². The Morgan fingerprint density at radius 3 is 2.85 bits per heavy atom. The van der Waals surface area contributed by atoms with Crippen LogP contribution in [0.25, 0.3) is 11.3 Å². The number of nitrogens with one attached hydrogen (secondary N) is 2. The molecule has 0 aliphatic rings. The first-order valence-electron chi connectivity index (χ1n) is 7.73. The SMILES string of the molecule is CSc1nccc(-c2c[nH]c(=O)c(NC(=O)OCc3ccccc3)c2)n1. The highest BCUT2D eigenvalue weighted by molar-refractivity contribution is 7.98. The van der Waals surface area contributed by atoms with Crippen LogP contribution in [0.15, 0.2) is 64.8 Å². The summed E-state index contributed by atoms with van der Waals surface area (Å²) in [6.45, 7) is 0.118. The van der Waals surface area contributed by atoms with E-state index in [0.29, 0.717) is 16.4 Å². The summed E-state index contributed by atoms with van der Waals surface area (Å²) < 4.78 is 5.14. The van der Waals surface area contributed by atoms with Crippen molar-refractivity contribution in [3.05, 3.63) is 70.8 Å². The summed E-state index contributed by atoms with van der Waals surface area (Å²) in [6, 6.07) is 12.6. The number of aromatic nitrogens is 3. The van der Waals surface area contributed by atoms with Crippen LogP contribution in [0.4, 0.5) is 10.5 Å². The number of hydrogen-bond donors (Lipinski definition) is 2. The zero-order chi connectivity index (χ0) is 18.4. The fraction of sp³-hybridized carbons (Fsp3) is 0.111. The quantitative estimate of drug-likeness (QED) is 0.530. The molecule has 0 saturated carbocycles. The Labute approximate surface area is 153 Å². The minimum Gasteiger partial charge on any atom is -0.444 e. The average molecular weight is 368 g/mol. The Bertz CT molecular complexity index is 960. The van der Waals surface area contributed by atoms with E-state index in [4.69, 9.17) is 4.74 Å². The van der Waals surface area contributed by atoms with Gasteiger partial charge in [-0.1, -0.05) is 42.1 Å². The monoisotopic (exact) mass is 368 g/mol. The van der Waals surface area contributed by atoms with Crippen molar-refractivity contribution in [3.8, 4) is 11.3 Å². The molecule has 1 amide bonds. The van der Waals surface area contributed by atoms with E-state index in [9.17, 15) is 9.59 Å². The van der Waals surface area contributed by atoms with E-state index in [1.54, 1.807) is 18.3 Å². The van der Waals surface area contributed by atoms with Gasteiger partial charge in [-0.05, 0) is 24.0 Å². The molecule has 26 heavy (non-hydrogen) atoms. The van der Waals surface area contributed by atoms with Gasteiger partial charge in [0.05, 0.1) is 5.69 Å². The molecule has 3 aromatic rings. The highest BCUT2D eigenvalue weighted by atomic mass is 32.2. The third-order valence-corrected chi connectivity index (χ3v) is 4.03. The van der Waals surface area contributed by atoms with Gasteiger partial charge in [-0.2, -0.15) is 0 Å². The maximum atomic E-state index is 12.0. The van der Waals surface area contributed by atoms with E-state index in [0.717, 1.165) is 5.56 Å². The first kappa shape index (κ1) is 17.7. The van der Waals surface area contributed by atoms with Gasteiger partial charge >= 0.3 is 6.09 Å². The van der Waals surface area contributed by atoms with Gasteiger partial charge in [-0.3, -0.25) is 10.1 Å². The molecule has 0 aliphatic carbocycles. The van der Waals surface area contributed by atoms with E-state index in [1.165, 1.54) is 18.0 Å². The van der Waals surface area contributed by atoms with E-state index < -0.39 is 11.7 Å². The number of nitrogens with zero attached hydrogens (tertiary/aromatic N) is 2. The van der Waals surface area contributed by atoms with Crippen LogP contribution >= 0.6 is 11.8 Å². The van der Waals surface area contributed by atoms with Gasteiger partial charge in [0.2, 0.25) is 0 Å². The number of aromatic amines is 1. The van der Waals surface area contributed by atoms with Crippen LogP contribution in [0.1, 0.15) is 5.56 Å². The second kappa shape index (κ2) is 8.30. The molecule has 2 N–H and O–H groups in total. The Morgan fingerprint density at radius 1 is 1.27 bits per heavy atom. The predicted molar refractivity (Wildman–Crippen MR) is 100 cm³/mol. The van der Waals surface area contributed by atoms with Crippen LogP contribution in [0.3, 0.4) is 0 Å². The van der Waals surface area contributed by atoms with Crippen molar-refractivity contribution in [2.45, 2.75) is 11.8 Å². The molecule has 8 heteroatoms. The highest BCUT2D eigenvalue weighted by Gasteiger charge is 2.10. The first-order valence-corrected chi connectivity index (χ1v) is 8.96. The van der Waals surface area contributed by atoms with Gasteiger partial charge in [0, 0.05) is 18.0 Å². The maximum absolute atomic E-state index is 12.0. The topological polar surface area (TPSA) is 97.0 Å². The zero-order valence-electron chi connectivity index (χ0n) is 13.9. The van der Waals surface area contributed by atoms with Gasteiger partial charge in [0.25, 0.3) is 5.56 Å². The Kier molecular flexibility index (Phi) is 5.65. The van der Waals surface area contributed by atoms with E-state index in [-0.39, 0.29) is 12.3 Å². The second-order valence-corrected chi connectivity index (χ2v) is 6.02. The molecule has 132 valence electrons. The summed E-state index contributed by atoms with van der Waals surface area (Å²) >= 11 is 1.42. The summed E-state index contributed by atoms with van der Waals surface area (Å²) in [5, 5.41) is 3.08. The molecule has 0 saturated heterocycles. The smallest absolute Gasteiger partial charge is 0.412 e. The van der Waals surface area contributed by atoms with E-state index >= 15 is 0 Å². The van der Waals surface area contributed by atoms with Crippen LogP contribution in [-0.4, -0.2) is 27.3 Å². The second-order valence-electron chi connectivity index (χ2n) is 5.25. The Hall–Kier alpha value is -3.13. The number of anilines is 1. The van der Waals surface area contributed by atoms with Crippen LogP contribution in [0, 0.1) is 0 Å². The number of H-pyrrole nitrogens is 1. The van der Waals surface area contributed by atoms with Crippen molar-refractivity contribution in [2.75, 3.05) is 11.6 Å². The Morgan fingerprint density at radius 2 is 2.08 bits per heavy atom. The summed E-state index contributed by atoms with van der Waals surface area (Å²) in [6.07, 6.45) is 4.35. The molecule has 0 unspecified atom stereocenters. The van der Waals surface area contributed by atoms with Crippen molar-refractivity contribution in [3.63, 3.8) is 0 Å². The molecular weight excluding hydrogens is 352 g/mol. The number of thioether (sulfide) groups is 1. The lowest BCUT2D eigenvalue weighted by Crippen LogP contribution is -2.20. The number of carbonyl (C=O) groups is 1. The van der Waals surface area contributed by atoms with E-state index in [1.807, 2.05) is 36.6 Å². The van der Waals surface area contributed by atoms with Gasteiger partial charge in [-0.15, -0.1) is 0 Å². The van der Waals surface area contributed by atoms with Gasteiger partial charge < -0.3 is 9.72 Å². The number of amides is 1. The summed E-state index contributed by atoms with van der Waals surface area (Å²) in [5.74, 6) is 0. The third kappa shape index (κ3) is 4.48.